The van der Waals surface area contributed by atoms with E-state index < -0.39 is 0 Å². The van der Waals surface area contributed by atoms with Crippen LogP contribution in [0.3, 0.4) is 0 Å². The Morgan fingerprint density at radius 1 is 1.13 bits per heavy atom. The minimum Gasteiger partial charge on any atom is -0.324 e. The zero-order valence-corrected chi connectivity index (χ0v) is 14.5. The summed E-state index contributed by atoms with van der Waals surface area (Å²) in [6.07, 6.45) is 0. The number of thioether (sulfide) groups is 1. The number of H-pyrrole nitrogens is 2. The highest BCUT2D eigenvalue weighted by atomic mass is 79.9. The molecular formula is C16H14BrN3O2S. The number of carbonyl (C=O) groups is 1. The monoisotopic (exact) mass is 391 g/mol. The zero-order chi connectivity index (χ0) is 16.2. The van der Waals surface area contributed by atoms with Crippen LogP contribution >= 0.6 is 27.7 Å². The van der Waals surface area contributed by atoms with Gasteiger partial charge in [0.05, 0.1) is 22.5 Å². The van der Waals surface area contributed by atoms with Gasteiger partial charge in [0.15, 0.2) is 0 Å². The van der Waals surface area contributed by atoms with Gasteiger partial charge in [0.2, 0.25) is 5.91 Å². The van der Waals surface area contributed by atoms with Gasteiger partial charge in [-0.3, -0.25) is 4.79 Å². The predicted molar refractivity (Wildman–Crippen MR) is 97.9 cm³/mol. The van der Waals surface area contributed by atoms with Crippen LogP contribution in [0.1, 0.15) is 5.56 Å². The third-order valence-corrected chi connectivity index (χ3v) is 4.88. The first-order chi connectivity index (χ1) is 11.1. The molecule has 7 heteroatoms. The molecule has 0 saturated carbocycles. The molecule has 23 heavy (non-hydrogen) atoms. The van der Waals surface area contributed by atoms with Crippen molar-refractivity contribution in [1.82, 2.24) is 9.97 Å². The number of anilines is 1. The lowest BCUT2D eigenvalue weighted by Crippen LogP contribution is -2.14. The van der Waals surface area contributed by atoms with Crippen molar-refractivity contribution in [3.05, 3.63) is 63.0 Å². The van der Waals surface area contributed by atoms with E-state index in [4.69, 9.17) is 0 Å². The van der Waals surface area contributed by atoms with Crippen LogP contribution in [-0.4, -0.2) is 21.6 Å². The highest BCUT2D eigenvalue weighted by Crippen LogP contribution is 2.26. The maximum Gasteiger partial charge on any atom is 0.323 e. The number of carbonyl (C=O) groups excluding carboxylic acids is 1. The molecule has 0 bridgehead atoms. The summed E-state index contributed by atoms with van der Waals surface area (Å²) in [4.78, 5) is 28.7. The number of rotatable bonds is 5. The Kier molecular flexibility index (Phi) is 4.88. The van der Waals surface area contributed by atoms with Gasteiger partial charge in [0, 0.05) is 10.2 Å². The summed E-state index contributed by atoms with van der Waals surface area (Å²) in [5, 5.41) is 2.86. The Bertz CT molecular complexity index is 889. The van der Waals surface area contributed by atoms with E-state index in [1.807, 2.05) is 30.3 Å². The minimum atomic E-state index is -0.270. The highest BCUT2D eigenvalue weighted by molar-refractivity contribution is 9.10. The summed E-state index contributed by atoms with van der Waals surface area (Å²) in [5.41, 5.74) is 2.91. The van der Waals surface area contributed by atoms with E-state index >= 15 is 0 Å². The quantitative estimate of drug-likeness (QED) is 0.622. The summed E-state index contributed by atoms with van der Waals surface area (Å²) < 4.78 is 0.724. The molecular weight excluding hydrogens is 378 g/mol. The number of fused-ring (bicyclic) bond motifs is 1. The van der Waals surface area contributed by atoms with Crippen molar-refractivity contribution >= 4 is 50.3 Å². The predicted octanol–water partition coefficient (Wildman–Crippen LogP) is 3.49. The Morgan fingerprint density at radius 3 is 2.57 bits per heavy atom. The summed E-state index contributed by atoms with van der Waals surface area (Å²) in [5.74, 6) is 1.08. The topological polar surface area (TPSA) is 77.8 Å². The van der Waals surface area contributed by atoms with E-state index in [1.165, 1.54) is 5.56 Å². The van der Waals surface area contributed by atoms with Crippen molar-refractivity contribution in [2.75, 3.05) is 11.1 Å². The van der Waals surface area contributed by atoms with Crippen LogP contribution in [0.2, 0.25) is 0 Å². The van der Waals surface area contributed by atoms with E-state index in [2.05, 4.69) is 31.2 Å². The standard InChI is InChI=1S/C16H14BrN3O2S/c17-11-6-13-14(20-16(22)19-13)7-12(11)18-15(21)9-23-8-10-4-2-1-3-5-10/h1-7H,8-9H2,(H,18,21)(H2,19,20,22). The number of benzene rings is 2. The normalized spacial score (nSPS) is 10.8. The molecule has 5 nitrogen and oxygen atoms in total. The van der Waals surface area contributed by atoms with Crippen molar-refractivity contribution in [3.63, 3.8) is 0 Å². The highest BCUT2D eigenvalue weighted by Gasteiger charge is 2.09. The Balaban J connectivity index is 1.61. The van der Waals surface area contributed by atoms with Crippen LogP contribution in [0.25, 0.3) is 11.0 Å². The molecule has 0 aliphatic carbocycles. The van der Waals surface area contributed by atoms with Gasteiger partial charge < -0.3 is 15.3 Å². The van der Waals surface area contributed by atoms with Crippen molar-refractivity contribution < 1.29 is 4.79 Å². The molecule has 118 valence electrons. The van der Waals surface area contributed by atoms with Gasteiger partial charge in [-0.2, -0.15) is 0 Å². The molecule has 1 heterocycles. The summed E-state index contributed by atoms with van der Waals surface area (Å²) in [6.45, 7) is 0. The molecule has 0 atom stereocenters. The lowest BCUT2D eigenvalue weighted by atomic mass is 10.2. The number of nitrogens with one attached hydrogen (secondary N) is 3. The molecule has 0 radical (unpaired) electrons. The van der Waals surface area contributed by atoms with Crippen molar-refractivity contribution in [1.29, 1.82) is 0 Å². The van der Waals surface area contributed by atoms with Crippen molar-refractivity contribution in [2.45, 2.75) is 5.75 Å². The van der Waals surface area contributed by atoms with Crippen LogP contribution in [0, 0.1) is 0 Å². The third-order valence-electron chi connectivity index (χ3n) is 3.22. The van der Waals surface area contributed by atoms with Crippen LogP contribution in [0.5, 0.6) is 0 Å². The SMILES string of the molecule is O=C(CSCc1ccccc1)Nc1cc2[nH]c(=O)[nH]c2cc1Br. The number of halogens is 1. The minimum absolute atomic E-state index is 0.0798. The molecule has 0 saturated heterocycles. The second kappa shape index (κ2) is 7.06. The fraction of sp³-hybridized carbons (Fsp3) is 0.125. The fourth-order valence-electron chi connectivity index (χ4n) is 2.17. The third kappa shape index (κ3) is 4.05. The molecule has 0 fully saturated rings. The van der Waals surface area contributed by atoms with Crippen LogP contribution in [-0.2, 0) is 10.5 Å². The van der Waals surface area contributed by atoms with Crippen molar-refractivity contribution in [2.24, 2.45) is 0 Å². The van der Waals surface area contributed by atoms with E-state index in [0.717, 1.165) is 10.2 Å². The van der Waals surface area contributed by atoms with E-state index in [0.29, 0.717) is 22.5 Å². The van der Waals surface area contributed by atoms with Gasteiger partial charge in [-0.05, 0) is 33.6 Å². The smallest absolute Gasteiger partial charge is 0.323 e. The van der Waals surface area contributed by atoms with Gasteiger partial charge >= 0.3 is 5.69 Å². The van der Waals surface area contributed by atoms with Gasteiger partial charge in [-0.15, -0.1) is 11.8 Å². The second-order valence-corrected chi connectivity index (χ2v) is 6.82. The van der Waals surface area contributed by atoms with E-state index in [9.17, 15) is 9.59 Å². The summed E-state index contributed by atoms with van der Waals surface area (Å²) in [6, 6.07) is 13.5. The van der Waals surface area contributed by atoms with Crippen LogP contribution in [0.15, 0.2) is 51.7 Å². The maximum absolute atomic E-state index is 12.1. The number of imidazole rings is 1. The molecule has 3 aromatic rings. The first kappa shape index (κ1) is 15.9. The second-order valence-electron chi connectivity index (χ2n) is 4.98. The average molecular weight is 392 g/mol. The first-order valence-corrected chi connectivity index (χ1v) is 8.89. The molecule has 0 aliphatic rings. The number of amides is 1. The molecule has 3 rings (SSSR count). The summed E-state index contributed by atoms with van der Waals surface area (Å²) >= 11 is 4.96. The number of aromatic nitrogens is 2. The largest absolute Gasteiger partial charge is 0.324 e. The van der Waals surface area contributed by atoms with Crippen LogP contribution in [0.4, 0.5) is 5.69 Å². The number of hydrogen-bond acceptors (Lipinski definition) is 3. The number of aromatic amines is 2. The van der Waals surface area contributed by atoms with Gasteiger partial charge in [-0.1, -0.05) is 30.3 Å². The van der Waals surface area contributed by atoms with Crippen LogP contribution < -0.4 is 11.0 Å². The molecule has 1 aromatic heterocycles. The Hall–Kier alpha value is -1.99. The van der Waals surface area contributed by atoms with Crippen molar-refractivity contribution in [3.8, 4) is 0 Å². The molecule has 3 N–H and O–H groups in total. The summed E-state index contributed by atoms with van der Waals surface area (Å²) in [7, 11) is 0. The Labute approximate surface area is 145 Å². The maximum atomic E-state index is 12.1. The average Bonchev–Trinajstić information content (AvgIpc) is 2.87. The molecule has 2 aromatic carbocycles. The lowest BCUT2D eigenvalue weighted by molar-refractivity contribution is -0.113. The first-order valence-electron chi connectivity index (χ1n) is 6.95. The van der Waals surface area contributed by atoms with Gasteiger partial charge in [0.1, 0.15) is 0 Å². The zero-order valence-electron chi connectivity index (χ0n) is 12.1. The fourth-order valence-corrected chi connectivity index (χ4v) is 3.40. The molecule has 0 spiro atoms. The molecule has 1 amide bonds. The lowest BCUT2D eigenvalue weighted by Gasteiger charge is -2.07. The Morgan fingerprint density at radius 2 is 1.83 bits per heavy atom. The van der Waals surface area contributed by atoms with E-state index in [1.54, 1.807) is 23.9 Å². The molecule has 0 unspecified atom stereocenters. The molecule has 0 aliphatic heterocycles. The van der Waals surface area contributed by atoms with E-state index in [-0.39, 0.29) is 11.6 Å². The van der Waals surface area contributed by atoms with Gasteiger partial charge in [0.25, 0.3) is 0 Å². The number of hydrogen-bond donors (Lipinski definition) is 3. The van der Waals surface area contributed by atoms with Gasteiger partial charge in [-0.25, -0.2) is 4.79 Å².